The Bertz CT molecular complexity index is 726. The highest BCUT2D eigenvalue weighted by Crippen LogP contribution is 2.22. The van der Waals surface area contributed by atoms with E-state index in [4.69, 9.17) is 4.42 Å². The highest BCUT2D eigenvalue weighted by molar-refractivity contribution is 8.14. The summed E-state index contributed by atoms with van der Waals surface area (Å²) >= 11 is 0.949. The molecule has 21 heavy (non-hydrogen) atoms. The Kier molecular flexibility index (Phi) is 4.12. The van der Waals surface area contributed by atoms with Crippen molar-refractivity contribution in [3.63, 3.8) is 0 Å². The number of thioether (sulfide) groups is 1. The summed E-state index contributed by atoms with van der Waals surface area (Å²) in [5.41, 5.74) is 1.71. The lowest BCUT2D eigenvalue weighted by Crippen LogP contribution is -1.92. The van der Waals surface area contributed by atoms with Gasteiger partial charge in [0.2, 0.25) is 11.0 Å². The van der Waals surface area contributed by atoms with Crippen LogP contribution < -0.4 is 0 Å². The Morgan fingerprint density at radius 2 is 1.62 bits per heavy atom. The molecule has 4 nitrogen and oxygen atoms in total. The smallest absolute Gasteiger partial charge is 0.284 e. The zero-order valence-corrected chi connectivity index (χ0v) is 11.9. The van der Waals surface area contributed by atoms with Gasteiger partial charge in [-0.1, -0.05) is 60.7 Å². The third-order valence-corrected chi connectivity index (χ3v) is 3.60. The van der Waals surface area contributed by atoms with Gasteiger partial charge < -0.3 is 4.42 Å². The van der Waals surface area contributed by atoms with Crippen molar-refractivity contribution in [3.8, 4) is 0 Å². The maximum absolute atomic E-state index is 12.0. The highest BCUT2D eigenvalue weighted by atomic mass is 32.2. The van der Waals surface area contributed by atoms with E-state index in [9.17, 15) is 4.79 Å². The van der Waals surface area contributed by atoms with Gasteiger partial charge >= 0.3 is 0 Å². The summed E-state index contributed by atoms with van der Waals surface area (Å²) in [6, 6.07) is 18.9. The average molecular weight is 296 g/mol. The normalized spacial score (nSPS) is 10.5. The summed E-state index contributed by atoms with van der Waals surface area (Å²) in [6.07, 6.45) is 0.563. The molecule has 2 aromatic carbocycles. The minimum absolute atomic E-state index is 0.106. The lowest BCUT2D eigenvalue weighted by Gasteiger charge is -1.96. The van der Waals surface area contributed by atoms with Crippen molar-refractivity contribution < 1.29 is 9.21 Å². The largest absolute Gasteiger partial charge is 0.415 e. The predicted molar refractivity (Wildman–Crippen MR) is 80.2 cm³/mol. The molecular weight excluding hydrogens is 284 g/mol. The minimum Gasteiger partial charge on any atom is -0.415 e. The molecule has 1 aromatic heterocycles. The van der Waals surface area contributed by atoms with Crippen LogP contribution >= 0.6 is 11.8 Å². The van der Waals surface area contributed by atoms with Crippen LogP contribution in [0.25, 0.3) is 0 Å². The Balaban J connectivity index is 1.67. The molecule has 3 rings (SSSR count). The summed E-state index contributed by atoms with van der Waals surface area (Å²) in [6.45, 7) is 0. The maximum atomic E-state index is 12.0. The summed E-state index contributed by atoms with van der Waals surface area (Å²) in [4.78, 5) is 12.0. The van der Waals surface area contributed by atoms with Crippen molar-refractivity contribution in [2.24, 2.45) is 0 Å². The summed E-state index contributed by atoms with van der Waals surface area (Å²) in [5.74, 6) is 0.504. The van der Waals surface area contributed by atoms with Gasteiger partial charge in [0.15, 0.2) is 0 Å². The van der Waals surface area contributed by atoms with Crippen LogP contribution in [-0.4, -0.2) is 15.3 Å². The fourth-order valence-corrected chi connectivity index (χ4v) is 2.47. The number of hydrogen-bond donors (Lipinski definition) is 0. The molecular formula is C16H12N2O2S. The SMILES string of the molecule is O=C(Sc1nnc(Cc2ccccc2)o1)c1ccccc1. The summed E-state index contributed by atoms with van der Waals surface area (Å²) < 4.78 is 5.50. The van der Waals surface area contributed by atoms with Gasteiger partial charge in [-0.25, -0.2) is 0 Å². The molecule has 0 aliphatic carbocycles. The molecule has 0 aliphatic rings. The number of carbonyl (C=O) groups excluding carboxylic acids is 1. The van der Waals surface area contributed by atoms with Gasteiger partial charge in [0, 0.05) is 17.3 Å². The third kappa shape index (κ3) is 3.58. The van der Waals surface area contributed by atoms with Crippen molar-refractivity contribution in [1.82, 2.24) is 10.2 Å². The number of rotatable bonds is 4. The fraction of sp³-hybridized carbons (Fsp3) is 0.0625. The van der Waals surface area contributed by atoms with E-state index in [-0.39, 0.29) is 10.3 Å². The van der Waals surface area contributed by atoms with Crippen LogP contribution in [0.5, 0.6) is 0 Å². The molecule has 0 N–H and O–H groups in total. The van der Waals surface area contributed by atoms with Crippen molar-refractivity contribution in [2.75, 3.05) is 0 Å². The van der Waals surface area contributed by atoms with E-state index < -0.39 is 0 Å². The zero-order chi connectivity index (χ0) is 14.5. The number of nitrogens with zero attached hydrogens (tertiary/aromatic N) is 2. The topological polar surface area (TPSA) is 56.0 Å². The van der Waals surface area contributed by atoms with Crippen molar-refractivity contribution in [2.45, 2.75) is 11.6 Å². The lowest BCUT2D eigenvalue weighted by atomic mass is 10.2. The second kappa shape index (κ2) is 6.37. The molecule has 0 saturated carbocycles. The summed E-state index contributed by atoms with van der Waals surface area (Å²) in [5, 5.41) is 8.04. The molecule has 5 heteroatoms. The van der Waals surface area contributed by atoms with Gasteiger partial charge in [-0.05, 0) is 5.56 Å². The monoisotopic (exact) mass is 296 g/mol. The van der Waals surface area contributed by atoms with Crippen LogP contribution in [0, 0.1) is 0 Å². The van der Waals surface area contributed by atoms with Crippen LogP contribution in [0.2, 0.25) is 0 Å². The lowest BCUT2D eigenvalue weighted by molar-refractivity contribution is 0.108. The second-order valence-corrected chi connectivity index (χ2v) is 5.30. The van der Waals surface area contributed by atoms with E-state index in [1.165, 1.54) is 0 Å². The van der Waals surface area contributed by atoms with E-state index >= 15 is 0 Å². The van der Waals surface area contributed by atoms with Gasteiger partial charge in [0.05, 0.1) is 6.42 Å². The van der Waals surface area contributed by atoms with Gasteiger partial charge in [0.1, 0.15) is 0 Å². The molecule has 0 fully saturated rings. The molecule has 1 heterocycles. The van der Waals surface area contributed by atoms with E-state index in [2.05, 4.69) is 10.2 Å². The van der Waals surface area contributed by atoms with E-state index in [0.717, 1.165) is 17.3 Å². The molecule has 0 aliphatic heterocycles. The van der Waals surface area contributed by atoms with Crippen LogP contribution in [0.1, 0.15) is 21.8 Å². The van der Waals surface area contributed by atoms with E-state index in [1.807, 2.05) is 48.5 Å². The Morgan fingerprint density at radius 3 is 2.33 bits per heavy atom. The molecule has 0 amide bonds. The molecule has 104 valence electrons. The Morgan fingerprint density at radius 1 is 0.952 bits per heavy atom. The third-order valence-electron chi connectivity index (χ3n) is 2.84. The first-order valence-corrected chi connectivity index (χ1v) is 7.26. The van der Waals surface area contributed by atoms with E-state index in [0.29, 0.717) is 17.9 Å². The number of aromatic nitrogens is 2. The maximum Gasteiger partial charge on any atom is 0.284 e. The molecule has 0 atom stereocenters. The molecule has 0 saturated heterocycles. The fourth-order valence-electron chi connectivity index (χ4n) is 1.83. The second-order valence-electron chi connectivity index (χ2n) is 4.38. The van der Waals surface area contributed by atoms with Gasteiger partial charge in [-0.3, -0.25) is 4.79 Å². The molecule has 0 unspecified atom stereocenters. The Hall–Kier alpha value is -2.40. The average Bonchev–Trinajstić information content (AvgIpc) is 2.96. The van der Waals surface area contributed by atoms with Crippen molar-refractivity contribution in [1.29, 1.82) is 0 Å². The first-order chi connectivity index (χ1) is 10.3. The molecule has 0 bridgehead atoms. The first kappa shape index (κ1) is 13.6. The molecule has 0 spiro atoms. The minimum atomic E-state index is -0.106. The van der Waals surface area contributed by atoms with Gasteiger partial charge in [0.25, 0.3) is 5.22 Å². The predicted octanol–water partition coefficient (Wildman–Crippen LogP) is 3.59. The van der Waals surface area contributed by atoms with E-state index in [1.54, 1.807) is 12.1 Å². The van der Waals surface area contributed by atoms with Crippen LogP contribution in [-0.2, 0) is 6.42 Å². The number of carbonyl (C=O) groups is 1. The van der Waals surface area contributed by atoms with Crippen LogP contribution in [0.3, 0.4) is 0 Å². The first-order valence-electron chi connectivity index (χ1n) is 6.45. The number of benzene rings is 2. The van der Waals surface area contributed by atoms with Crippen molar-refractivity contribution >= 4 is 16.9 Å². The van der Waals surface area contributed by atoms with Crippen molar-refractivity contribution in [3.05, 3.63) is 77.7 Å². The standard InChI is InChI=1S/C16H12N2O2S/c19-15(13-9-5-2-6-10-13)21-16-18-17-14(20-16)11-12-7-3-1-4-8-12/h1-10H,11H2. The number of hydrogen-bond acceptors (Lipinski definition) is 5. The van der Waals surface area contributed by atoms with Crippen LogP contribution in [0.15, 0.2) is 70.3 Å². The van der Waals surface area contributed by atoms with Crippen LogP contribution in [0.4, 0.5) is 0 Å². The molecule has 0 radical (unpaired) electrons. The zero-order valence-electron chi connectivity index (χ0n) is 11.1. The quantitative estimate of drug-likeness (QED) is 0.689. The van der Waals surface area contributed by atoms with Gasteiger partial charge in [-0.15, -0.1) is 10.2 Å². The Labute approximate surface area is 126 Å². The highest BCUT2D eigenvalue weighted by Gasteiger charge is 2.13. The van der Waals surface area contributed by atoms with Gasteiger partial charge in [-0.2, -0.15) is 0 Å². The molecule has 3 aromatic rings. The summed E-state index contributed by atoms with van der Waals surface area (Å²) in [7, 11) is 0.